The summed E-state index contributed by atoms with van der Waals surface area (Å²) >= 11 is -2.51. The van der Waals surface area contributed by atoms with E-state index in [2.05, 4.69) is 4.18 Å². The Kier molecular flexibility index (Phi) is 3.48. The number of anilines is 1. The molecule has 1 aromatic carbocycles. The molecule has 4 nitrogen and oxygen atoms in total. The molecular formula is C8H8NO3S-. The summed E-state index contributed by atoms with van der Waals surface area (Å²) in [7, 11) is 0. The highest BCUT2D eigenvalue weighted by molar-refractivity contribution is 7.74. The highest BCUT2D eigenvalue weighted by Gasteiger charge is 1.86. The van der Waals surface area contributed by atoms with Crippen molar-refractivity contribution in [1.29, 1.82) is 0 Å². The predicted molar refractivity (Wildman–Crippen MR) is 49.9 cm³/mol. The van der Waals surface area contributed by atoms with Crippen LogP contribution in [0.4, 0.5) is 5.69 Å². The smallest absolute Gasteiger partial charge is 0.138 e. The van der Waals surface area contributed by atoms with Crippen molar-refractivity contribution in [2.75, 3.05) is 5.73 Å². The molecule has 0 aromatic heterocycles. The topological polar surface area (TPSA) is 75.4 Å². The number of benzene rings is 1. The molecule has 0 fully saturated rings. The quantitative estimate of drug-likeness (QED) is 0.447. The predicted octanol–water partition coefficient (Wildman–Crippen LogP) is 1.05. The van der Waals surface area contributed by atoms with Crippen LogP contribution in [0.2, 0.25) is 0 Å². The molecule has 1 rings (SSSR count). The molecule has 2 N–H and O–H groups in total. The van der Waals surface area contributed by atoms with E-state index in [-0.39, 0.29) is 0 Å². The molecule has 70 valence electrons. The van der Waals surface area contributed by atoms with E-state index < -0.39 is 11.4 Å². The van der Waals surface area contributed by atoms with Gasteiger partial charge in [0, 0.05) is 5.69 Å². The zero-order chi connectivity index (χ0) is 9.68. The highest BCUT2D eigenvalue weighted by Crippen LogP contribution is 2.06. The van der Waals surface area contributed by atoms with Gasteiger partial charge < -0.3 is 14.5 Å². The van der Waals surface area contributed by atoms with E-state index in [0.29, 0.717) is 5.69 Å². The van der Waals surface area contributed by atoms with Gasteiger partial charge in [-0.05, 0) is 23.8 Å². The molecule has 13 heavy (non-hydrogen) atoms. The van der Waals surface area contributed by atoms with Gasteiger partial charge in [0.25, 0.3) is 0 Å². The Hall–Kier alpha value is -1.33. The van der Waals surface area contributed by atoms with Crippen molar-refractivity contribution in [3.63, 3.8) is 0 Å². The zero-order valence-corrected chi connectivity index (χ0v) is 7.49. The van der Waals surface area contributed by atoms with Crippen LogP contribution in [0.25, 0.3) is 6.08 Å². The van der Waals surface area contributed by atoms with E-state index >= 15 is 0 Å². The van der Waals surface area contributed by atoms with Gasteiger partial charge in [-0.25, -0.2) is 4.21 Å². The summed E-state index contributed by atoms with van der Waals surface area (Å²) in [5.74, 6) is 0. The summed E-state index contributed by atoms with van der Waals surface area (Å²) in [6.07, 6.45) is 2.61. The fraction of sp³-hybridized carbons (Fsp3) is 0. The van der Waals surface area contributed by atoms with Crippen LogP contribution in [0.15, 0.2) is 30.5 Å². The van der Waals surface area contributed by atoms with Gasteiger partial charge in [-0.3, -0.25) is 0 Å². The second kappa shape index (κ2) is 4.64. The fourth-order valence-corrected chi connectivity index (χ4v) is 0.905. The molecule has 0 aliphatic heterocycles. The van der Waals surface area contributed by atoms with Crippen LogP contribution in [-0.4, -0.2) is 8.76 Å². The van der Waals surface area contributed by atoms with E-state index in [1.165, 1.54) is 6.08 Å². The minimum Gasteiger partial charge on any atom is -0.740 e. The molecule has 1 unspecified atom stereocenters. The normalized spacial score (nSPS) is 13.0. The van der Waals surface area contributed by atoms with Gasteiger partial charge in [0.1, 0.15) is 17.6 Å². The van der Waals surface area contributed by atoms with E-state index in [1.807, 2.05) is 0 Å². The first kappa shape index (κ1) is 9.76. The van der Waals surface area contributed by atoms with E-state index in [4.69, 9.17) is 5.73 Å². The molecule has 0 bridgehead atoms. The Bertz CT molecular complexity index is 321. The average Bonchev–Trinajstić information content (AvgIpc) is 2.08. The lowest BCUT2D eigenvalue weighted by molar-refractivity contribution is 0.407. The standard InChI is InChI=1S/C8H9NO3S/c9-8-3-1-7(2-4-8)5-6-12-13(10)11/h1-6H,9H2,(H,10,11)/p-1. The van der Waals surface area contributed by atoms with Crippen molar-refractivity contribution in [3.8, 4) is 0 Å². The molecule has 0 saturated carbocycles. The molecule has 0 spiro atoms. The lowest BCUT2D eigenvalue weighted by Crippen LogP contribution is -1.86. The third kappa shape index (κ3) is 3.73. The number of nitrogen functional groups attached to an aromatic ring is 1. The van der Waals surface area contributed by atoms with Crippen LogP contribution in [0.1, 0.15) is 5.56 Å². The first-order valence-corrected chi connectivity index (χ1v) is 4.47. The van der Waals surface area contributed by atoms with Crippen molar-refractivity contribution < 1.29 is 12.9 Å². The van der Waals surface area contributed by atoms with Crippen LogP contribution in [-0.2, 0) is 15.5 Å². The Balaban J connectivity index is 2.59. The molecule has 0 heterocycles. The van der Waals surface area contributed by atoms with Crippen LogP contribution in [0.3, 0.4) is 0 Å². The van der Waals surface area contributed by atoms with Crippen molar-refractivity contribution >= 4 is 23.1 Å². The summed E-state index contributed by atoms with van der Waals surface area (Å²) in [6, 6.07) is 6.94. The SMILES string of the molecule is Nc1ccc(C=COS(=O)[O-])cc1. The van der Waals surface area contributed by atoms with E-state index in [1.54, 1.807) is 24.3 Å². The Morgan fingerprint density at radius 3 is 2.54 bits per heavy atom. The molecule has 5 heteroatoms. The second-order valence-electron chi connectivity index (χ2n) is 2.27. The van der Waals surface area contributed by atoms with Gasteiger partial charge in [0.2, 0.25) is 0 Å². The number of nitrogens with two attached hydrogens (primary N) is 1. The number of hydrogen-bond donors (Lipinski definition) is 1. The van der Waals surface area contributed by atoms with Crippen LogP contribution >= 0.6 is 0 Å². The Morgan fingerprint density at radius 1 is 1.38 bits per heavy atom. The van der Waals surface area contributed by atoms with Crippen LogP contribution in [0, 0.1) is 0 Å². The number of hydrogen-bond acceptors (Lipinski definition) is 4. The van der Waals surface area contributed by atoms with Crippen molar-refractivity contribution in [2.45, 2.75) is 0 Å². The molecule has 0 aliphatic carbocycles. The van der Waals surface area contributed by atoms with Gasteiger partial charge in [0.05, 0.1) is 0 Å². The maximum Gasteiger partial charge on any atom is 0.138 e. The Labute approximate surface area is 78.5 Å². The third-order valence-corrected chi connectivity index (χ3v) is 1.60. The first-order chi connectivity index (χ1) is 6.18. The number of rotatable bonds is 3. The van der Waals surface area contributed by atoms with Gasteiger partial charge in [-0.2, -0.15) is 0 Å². The van der Waals surface area contributed by atoms with Gasteiger partial charge in [-0.15, -0.1) is 0 Å². The molecule has 1 atom stereocenters. The molecular weight excluding hydrogens is 190 g/mol. The molecule has 0 saturated heterocycles. The zero-order valence-electron chi connectivity index (χ0n) is 6.67. The lowest BCUT2D eigenvalue weighted by atomic mass is 10.2. The third-order valence-electron chi connectivity index (χ3n) is 1.33. The van der Waals surface area contributed by atoms with Gasteiger partial charge >= 0.3 is 0 Å². The van der Waals surface area contributed by atoms with E-state index in [0.717, 1.165) is 11.8 Å². The summed E-state index contributed by atoms with van der Waals surface area (Å²) in [5.41, 5.74) is 6.93. The summed E-state index contributed by atoms with van der Waals surface area (Å²) in [5, 5.41) is 0. The molecule has 0 amide bonds. The minimum atomic E-state index is -2.51. The summed E-state index contributed by atoms with van der Waals surface area (Å²) in [6.45, 7) is 0. The monoisotopic (exact) mass is 198 g/mol. The molecule has 0 aliphatic rings. The average molecular weight is 198 g/mol. The van der Waals surface area contributed by atoms with Crippen LogP contribution < -0.4 is 5.73 Å². The summed E-state index contributed by atoms with van der Waals surface area (Å²) in [4.78, 5) is 0. The van der Waals surface area contributed by atoms with E-state index in [9.17, 15) is 8.76 Å². The van der Waals surface area contributed by atoms with Crippen LogP contribution in [0.5, 0.6) is 0 Å². The molecule has 0 radical (unpaired) electrons. The minimum absolute atomic E-state index is 0.658. The largest absolute Gasteiger partial charge is 0.740 e. The first-order valence-electron chi connectivity index (χ1n) is 3.47. The Morgan fingerprint density at radius 2 is 2.00 bits per heavy atom. The fourth-order valence-electron chi connectivity index (χ4n) is 0.759. The van der Waals surface area contributed by atoms with Crippen molar-refractivity contribution in [1.82, 2.24) is 0 Å². The van der Waals surface area contributed by atoms with Crippen molar-refractivity contribution in [3.05, 3.63) is 36.1 Å². The maximum absolute atomic E-state index is 9.95. The van der Waals surface area contributed by atoms with Crippen molar-refractivity contribution in [2.24, 2.45) is 0 Å². The van der Waals surface area contributed by atoms with Gasteiger partial charge in [0.15, 0.2) is 0 Å². The molecule has 1 aromatic rings. The lowest BCUT2D eigenvalue weighted by Gasteiger charge is -2.00. The summed E-state index contributed by atoms with van der Waals surface area (Å²) < 4.78 is 24.1. The maximum atomic E-state index is 9.95. The second-order valence-corrected chi connectivity index (χ2v) is 2.87. The highest BCUT2D eigenvalue weighted by atomic mass is 32.2. The van der Waals surface area contributed by atoms with Gasteiger partial charge in [-0.1, -0.05) is 12.1 Å².